The number of nitrogens with zero attached hydrogens (tertiary/aromatic N) is 4. The molecule has 3 heterocycles. The van der Waals surface area contributed by atoms with Crippen LogP contribution in [-0.2, 0) is 24.7 Å². The molecule has 65 heavy (non-hydrogen) atoms. The van der Waals surface area contributed by atoms with Crippen LogP contribution in [0, 0.1) is 11.8 Å². The molecule has 0 bridgehead atoms. The molecule has 3 aliphatic heterocycles. The summed E-state index contributed by atoms with van der Waals surface area (Å²) < 4.78 is 0. The molecule has 0 aromatic heterocycles. The number of aromatic hydroxyl groups is 1. The number of benzene rings is 3. The van der Waals surface area contributed by atoms with Crippen molar-refractivity contribution in [3.8, 4) is 5.75 Å². The fraction of sp³-hybridized carbons (Fsp3) is 0.429. The molecule has 16 heteroatoms. The highest BCUT2D eigenvalue weighted by atomic mass is 16.3. The van der Waals surface area contributed by atoms with Gasteiger partial charge in [-0.25, -0.2) is 0 Å². The van der Waals surface area contributed by atoms with Gasteiger partial charge in [0.25, 0.3) is 5.91 Å². The van der Waals surface area contributed by atoms with Crippen molar-refractivity contribution in [2.24, 2.45) is 29.0 Å². The van der Waals surface area contributed by atoms with Crippen molar-refractivity contribution in [1.82, 2.24) is 25.3 Å². The highest BCUT2D eigenvalue weighted by Crippen LogP contribution is 2.36. The number of hydrogen-bond acceptors (Lipinski definition) is 12. The molecule has 0 radical (unpaired) electrons. The number of phenolic OH excluding ortho intramolecular Hbond substituents is 1. The molecule has 3 aromatic carbocycles. The number of phenols is 1. The van der Waals surface area contributed by atoms with E-state index in [1.165, 1.54) is 19.0 Å². The van der Waals surface area contributed by atoms with Crippen LogP contribution >= 0.6 is 0 Å². The van der Waals surface area contributed by atoms with Crippen LogP contribution < -0.4 is 32.7 Å². The van der Waals surface area contributed by atoms with Crippen molar-refractivity contribution in [2.75, 3.05) is 58.3 Å². The number of piperidine rings is 3. The number of carbonyl (C=O) groups excluding carboxylic acids is 6. The lowest BCUT2D eigenvalue weighted by Gasteiger charge is -2.44. The van der Waals surface area contributed by atoms with Crippen LogP contribution in [0.3, 0.4) is 0 Å². The Morgan fingerprint density at radius 2 is 1.51 bits per heavy atom. The summed E-state index contributed by atoms with van der Waals surface area (Å²) in [4.78, 5) is 84.1. The number of likely N-dealkylation sites (N-methyl/N-ethyl adjacent to an activating group) is 2. The minimum Gasteiger partial charge on any atom is -0.507 e. The number of anilines is 1. The van der Waals surface area contributed by atoms with Gasteiger partial charge >= 0.3 is 0 Å². The lowest BCUT2D eigenvalue weighted by atomic mass is 9.80. The van der Waals surface area contributed by atoms with Gasteiger partial charge in [0, 0.05) is 94.6 Å². The minimum absolute atomic E-state index is 0.0258. The maximum absolute atomic E-state index is 13.9. The van der Waals surface area contributed by atoms with Gasteiger partial charge in [-0.05, 0) is 92.8 Å². The van der Waals surface area contributed by atoms with E-state index in [1.54, 1.807) is 48.5 Å². The summed E-state index contributed by atoms with van der Waals surface area (Å²) >= 11 is 0. The van der Waals surface area contributed by atoms with Gasteiger partial charge in [0.2, 0.25) is 17.7 Å². The number of allylic oxidation sites excluding steroid dienone is 1. The molecule has 4 amide bonds. The Morgan fingerprint density at radius 1 is 0.846 bits per heavy atom. The summed E-state index contributed by atoms with van der Waals surface area (Å²) in [5.41, 5.74) is 21.6. The van der Waals surface area contributed by atoms with Crippen molar-refractivity contribution in [3.05, 3.63) is 113 Å². The summed E-state index contributed by atoms with van der Waals surface area (Å²) in [5, 5.41) is 16.3. The van der Waals surface area contributed by atoms with Crippen LogP contribution in [-0.4, -0.2) is 115 Å². The largest absolute Gasteiger partial charge is 0.507 e. The first-order chi connectivity index (χ1) is 31.3. The highest BCUT2D eigenvalue weighted by Gasteiger charge is 2.39. The van der Waals surface area contributed by atoms with Crippen molar-refractivity contribution in [1.29, 1.82) is 0 Å². The maximum atomic E-state index is 13.9. The second kappa shape index (κ2) is 21.7. The molecule has 3 aliphatic rings. The molecule has 1 unspecified atom stereocenters. The first kappa shape index (κ1) is 47.6. The summed E-state index contributed by atoms with van der Waals surface area (Å²) in [6, 6.07) is 21.0. The van der Waals surface area contributed by atoms with Crippen molar-refractivity contribution in [3.63, 3.8) is 0 Å². The van der Waals surface area contributed by atoms with Gasteiger partial charge in [-0.3, -0.25) is 24.0 Å². The first-order valence-electron chi connectivity index (χ1n) is 22.5. The molecule has 346 valence electrons. The van der Waals surface area contributed by atoms with Gasteiger partial charge in [0.05, 0.1) is 16.8 Å². The Balaban J connectivity index is 1.00. The molecule has 0 spiro atoms. The molecule has 0 saturated carbocycles. The molecule has 6 rings (SSSR count). The topological polar surface area (TPSA) is 238 Å². The van der Waals surface area contributed by atoms with Crippen molar-refractivity contribution in [2.45, 2.75) is 69.4 Å². The van der Waals surface area contributed by atoms with Crippen LogP contribution in [0.15, 0.2) is 90.4 Å². The monoisotopic (exact) mass is 889 g/mol. The molecule has 3 aromatic rings. The van der Waals surface area contributed by atoms with Gasteiger partial charge in [-0.2, -0.15) is 0 Å². The Kier molecular flexibility index (Phi) is 15.9. The summed E-state index contributed by atoms with van der Waals surface area (Å²) in [5.74, 6) is -0.638. The van der Waals surface area contributed by atoms with E-state index in [4.69, 9.17) is 17.2 Å². The van der Waals surface area contributed by atoms with Gasteiger partial charge in [0.15, 0.2) is 6.29 Å². The fourth-order valence-electron chi connectivity index (χ4n) is 9.52. The van der Waals surface area contributed by atoms with Gasteiger partial charge in [-0.1, -0.05) is 42.5 Å². The number of carbonyl (C=O) groups is 6. The molecule has 0 aliphatic carbocycles. The molecule has 3 fully saturated rings. The average molecular weight is 890 g/mol. The summed E-state index contributed by atoms with van der Waals surface area (Å²) in [7, 11) is 2.95. The third kappa shape index (κ3) is 11.3. The van der Waals surface area contributed by atoms with Crippen LogP contribution in [0.5, 0.6) is 5.75 Å². The van der Waals surface area contributed by atoms with Crippen LogP contribution in [0.2, 0.25) is 0 Å². The Hall–Kier alpha value is -6.84. The van der Waals surface area contributed by atoms with Crippen LogP contribution in [0.4, 0.5) is 5.69 Å². The number of likely N-dealkylation sites (tertiary alicyclic amines) is 2. The molecule has 1 atom stereocenters. The molecular formula is C49H63N9O7. The number of aldehydes is 2. The van der Waals surface area contributed by atoms with E-state index in [1.807, 2.05) is 35.2 Å². The van der Waals surface area contributed by atoms with E-state index in [9.17, 15) is 33.9 Å². The van der Waals surface area contributed by atoms with Crippen molar-refractivity contribution >= 4 is 47.6 Å². The zero-order chi connectivity index (χ0) is 46.7. The second-order valence-corrected chi connectivity index (χ2v) is 17.4. The lowest BCUT2D eigenvalue weighted by Crippen LogP contribution is -2.53. The molecule has 9 N–H and O–H groups in total. The number of para-hydroxylation sites is 1. The van der Waals surface area contributed by atoms with E-state index >= 15 is 0 Å². The molecule has 16 nitrogen and oxygen atoms in total. The maximum Gasteiger partial charge on any atom is 0.255 e. The normalized spacial score (nSPS) is 17.4. The van der Waals surface area contributed by atoms with Gasteiger partial charge in [0.1, 0.15) is 23.9 Å². The van der Waals surface area contributed by atoms with Crippen LogP contribution in [0.1, 0.15) is 89.6 Å². The van der Waals surface area contributed by atoms with Gasteiger partial charge in [-0.15, -0.1) is 0 Å². The van der Waals surface area contributed by atoms with E-state index in [2.05, 4.69) is 20.4 Å². The van der Waals surface area contributed by atoms with Crippen molar-refractivity contribution < 1.29 is 33.9 Å². The molecular weight excluding hydrogens is 827 g/mol. The van der Waals surface area contributed by atoms with E-state index in [0.717, 1.165) is 24.1 Å². The zero-order valence-electron chi connectivity index (χ0n) is 37.4. The third-order valence-corrected chi connectivity index (χ3v) is 13.4. The SMILES string of the molecule is CNC(=O)C(CCC=O)N(C)C(=O)c1ccc(N2CCC(C(=O)N3CCC(CC(=O)NC4(c5ccccc5)CCN(C(/C=C(\N)c5ccccc5O)=C(N)N)CC4)CC3)CC2)cc1C=O. The number of nitrogens with two attached hydrogens (primary N) is 3. The quantitative estimate of drug-likeness (QED) is 0.0897. The first-order valence-corrected chi connectivity index (χ1v) is 22.5. The predicted molar refractivity (Wildman–Crippen MR) is 249 cm³/mol. The standard InChI is InChI=1S/C49H63N9O7/c1-53-46(63)41(12-8-28-59)55(2)48(65)38-15-14-37(30-35(38)32-60)56-24-18-34(19-25-56)47(64)58-22-16-33(17-23-58)29-44(62)54-49(36-9-4-3-5-10-36)20-26-57(27-21-49)42(45(51)52)31-40(50)39-11-6-7-13-43(39)61/h3-7,9-11,13-15,28,30-34,41,61H,8,12,16-27,29,50-52H2,1-2H3,(H,53,63)(H,54,62)/b40-31-. The predicted octanol–water partition coefficient (Wildman–Crippen LogP) is 3.41. The van der Waals surface area contributed by atoms with Gasteiger partial charge < -0.3 is 57.3 Å². The Labute approximate surface area is 380 Å². The van der Waals surface area contributed by atoms with E-state index in [0.29, 0.717) is 101 Å². The highest BCUT2D eigenvalue weighted by molar-refractivity contribution is 6.03. The zero-order valence-corrected chi connectivity index (χ0v) is 37.4. The Morgan fingerprint density at radius 3 is 2.12 bits per heavy atom. The number of rotatable bonds is 16. The summed E-state index contributed by atoms with van der Waals surface area (Å²) in [6.45, 7) is 3.47. The lowest BCUT2D eigenvalue weighted by molar-refractivity contribution is -0.137. The third-order valence-electron chi connectivity index (χ3n) is 13.4. The Bertz CT molecular complexity index is 2250. The smallest absolute Gasteiger partial charge is 0.255 e. The van der Waals surface area contributed by atoms with E-state index < -0.39 is 23.4 Å². The fourth-order valence-corrected chi connectivity index (χ4v) is 9.52. The minimum atomic E-state index is -0.865. The van der Waals surface area contributed by atoms with Crippen LogP contribution in [0.25, 0.3) is 5.70 Å². The number of nitrogens with one attached hydrogen (secondary N) is 2. The molecule has 3 saturated heterocycles. The average Bonchev–Trinajstić information content (AvgIpc) is 3.33. The number of amides is 4. The number of hydrogen-bond donors (Lipinski definition) is 6. The second-order valence-electron chi connectivity index (χ2n) is 17.4. The van der Waals surface area contributed by atoms with E-state index in [-0.39, 0.29) is 59.2 Å². The summed E-state index contributed by atoms with van der Waals surface area (Å²) in [6.07, 6.45) is 7.57.